The molecule has 0 fully saturated rings. The first-order valence-electron chi connectivity index (χ1n) is 25.1. The van der Waals surface area contributed by atoms with E-state index in [1.807, 2.05) is 0 Å². The molecule has 0 aliphatic carbocycles. The van der Waals surface area contributed by atoms with Crippen molar-refractivity contribution < 1.29 is 32.9 Å². The lowest BCUT2D eigenvalue weighted by atomic mass is 10.1. The molecule has 0 saturated carbocycles. The summed E-state index contributed by atoms with van der Waals surface area (Å²) < 4.78 is 214. The maximum absolute atomic E-state index is 9.57. The molecule has 45 heavy (non-hydrogen) atoms. The number of thiophene rings is 1. The molecule has 0 aliphatic rings. The molecule has 0 aliphatic heterocycles. The number of aromatic nitrogens is 4. The molecule has 0 N–H and O–H groups in total. The van der Waals surface area contributed by atoms with Crippen LogP contribution in [0, 0.1) is 0 Å². The van der Waals surface area contributed by atoms with Gasteiger partial charge in [0.15, 0.2) is 0 Å². The average Bonchev–Trinajstić information content (AvgIpc) is 4.02. The van der Waals surface area contributed by atoms with Crippen molar-refractivity contribution >= 4 is 75.3 Å². The zero-order chi connectivity index (χ0) is 50.4. The Hall–Kier alpha value is -5.78. The number of para-hydroxylation sites is 5. The molecule has 4 aromatic heterocycles. The van der Waals surface area contributed by atoms with Crippen molar-refractivity contribution in [3.05, 3.63) is 145 Å². The first kappa shape index (κ1) is 11.0. The first-order valence-corrected chi connectivity index (χ1v) is 14.0. The van der Waals surface area contributed by atoms with Crippen LogP contribution in [0.25, 0.3) is 86.8 Å². The number of hydrogen-bond donors (Lipinski definition) is 0. The SMILES string of the molecule is [2H]c1c([2H])c([2H])c(-n2c3c([2H])c([2H])c([2H])c([2H])c3c3c([2H])c([2H])c([2H])c([2H])c32)c(-c2nc(-n3c4c([2H])c([2H])c([2H])c([2H])c4c4c([2H])c([2H])c([2H])c([2H])c43)nc3c2sc2c([2H])c([2H])c([2H])c([2H])c23)c1[2H]. The van der Waals surface area contributed by atoms with Gasteiger partial charge in [0.05, 0.1) is 76.6 Å². The van der Waals surface area contributed by atoms with E-state index < -0.39 is 212 Å². The third-order valence-corrected chi connectivity index (χ3v) is 8.44. The Balaban J connectivity index is 1.53. The second kappa shape index (κ2) is 9.36. The lowest BCUT2D eigenvalue weighted by Crippen LogP contribution is -2.04. The average molecular weight is 617 g/mol. The van der Waals surface area contributed by atoms with E-state index in [9.17, 15) is 2.74 Å². The third-order valence-electron chi connectivity index (χ3n) is 7.34. The summed E-state index contributed by atoms with van der Waals surface area (Å²) in [5.41, 5.74) is -4.33. The molecule has 0 bridgehead atoms. The van der Waals surface area contributed by atoms with E-state index in [1.165, 1.54) is 0 Å². The molecule has 0 radical (unpaired) electrons. The van der Waals surface area contributed by atoms with E-state index in [2.05, 4.69) is 0 Å². The summed E-state index contributed by atoms with van der Waals surface area (Å²) in [6, 6.07) is -19.1. The van der Waals surface area contributed by atoms with Gasteiger partial charge in [-0.3, -0.25) is 4.57 Å². The molecule has 10 aromatic rings. The topological polar surface area (TPSA) is 35.6 Å². The Bertz CT molecular complexity index is 3980. The van der Waals surface area contributed by atoms with Crippen LogP contribution in [0.2, 0.25) is 0 Å². The van der Waals surface area contributed by atoms with Crippen LogP contribution >= 0.6 is 11.3 Å². The number of fused-ring (bicyclic) bond motifs is 9. The Morgan fingerprint density at radius 3 is 1.53 bits per heavy atom. The van der Waals surface area contributed by atoms with Crippen molar-refractivity contribution in [3.8, 4) is 22.9 Å². The Kier molecular flexibility index (Phi) is 2.28. The summed E-state index contributed by atoms with van der Waals surface area (Å²) in [5.74, 6) is -0.705. The van der Waals surface area contributed by atoms with Crippen LogP contribution in [0.5, 0.6) is 0 Å². The zero-order valence-corrected chi connectivity index (χ0v) is 23.0. The van der Waals surface area contributed by atoms with Gasteiger partial charge in [0.1, 0.15) is 0 Å². The normalized spacial score (nSPS) is 19.5. The molecule has 0 spiro atoms. The van der Waals surface area contributed by atoms with E-state index in [-0.39, 0.29) is 20.3 Å². The summed E-state index contributed by atoms with van der Waals surface area (Å²) in [4.78, 5) is 9.48. The van der Waals surface area contributed by atoms with Crippen LogP contribution in [0.15, 0.2) is 145 Å². The highest BCUT2D eigenvalue weighted by Crippen LogP contribution is 2.42. The van der Waals surface area contributed by atoms with E-state index >= 15 is 0 Å². The van der Waals surface area contributed by atoms with Crippen molar-refractivity contribution in [2.45, 2.75) is 0 Å². The van der Waals surface area contributed by atoms with E-state index in [0.29, 0.717) is 11.3 Å². The van der Waals surface area contributed by atoms with Gasteiger partial charge in [-0.25, -0.2) is 9.97 Å². The standard InChI is InChI=1S/C40H24N4S/c1-7-19-31-25(13-1)26-14-2-8-20-32(26)43(31)35-23-11-5-17-29(35)37-39-38(30-18-6-12-24-36(30)45-39)42-40(41-37)44-33-21-9-3-15-27(33)28-16-4-10-22-34(28)44/h1-24H/i1D,2D,3D,4D,5D,6D,7D,8D,9D,10D,11D,12D,13D,14D,15D,16D,17D,18D,19D,20D,21D,22D,23D,24D. The van der Waals surface area contributed by atoms with Gasteiger partial charge in [-0.05, 0) is 36.3 Å². The smallest absolute Gasteiger partial charge is 0.235 e. The molecule has 210 valence electrons. The molecule has 6 aromatic carbocycles. The summed E-state index contributed by atoms with van der Waals surface area (Å²) in [5, 5.41) is -1.97. The predicted molar refractivity (Wildman–Crippen MR) is 189 cm³/mol. The van der Waals surface area contributed by atoms with Crippen molar-refractivity contribution in [2.24, 2.45) is 0 Å². The monoisotopic (exact) mass is 616 g/mol. The second-order valence-electron chi connectivity index (χ2n) is 9.64. The van der Waals surface area contributed by atoms with Crippen LogP contribution in [0.3, 0.4) is 0 Å². The number of nitrogens with zero attached hydrogens (tertiary/aromatic N) is 4. The van der Waals surface area contributed by atoms with Crippen molar-refractivity contribution in [1.29, 1.82) is 0 Å². The van der Waals surface area contributed by atoms with Gasteiger partial charge in [0.25, 0.3) is 0 Å². The molecule has 4 nitrogen and oxygen atoms in total. The predicted octanol–water partition coefficient (Wildman–Crippen LogP) is 10.7. The van der Waals surface area contributed by atoms with Crippen LogP contribution < -0.4 is 0 Å². The highest BCUT2D eigenvalue weighted by atomic mass is 32.1. The minimum Gasteiger partial charge on any atom is -0.309 e. The van der Waals surface area contributed by atoms with Crippen molar-refractivity contribution in [2.75, 3.05) is 0 Å². The lowest BCUT2D eigenvalue weighted by Gasteiger charge is -2.15. The van der Waals surface area contributed by atoms with Crippen molar-refractivity contribution in [3.63, 3.8) is 0 Å². The van der Waals surface area contributed by atoms with Gasteiger partial charge in [-0.2, -0.15) is 0 Å². The van der Waals surface area contributed by atoms with Crippen LogP contribution in [-0.2, 0) is 0 Å². The molecular weight excluding hydrogens is 569 g/mol. The fourth-order valence-corrected chi connectivity index (χ4v) is 6.58. The van der Waals surface area contributed by atoms with Gasteiger partial charge >= 0.3 is 0 Å². The summed E-state index contributed by atoms with van der Waals surface area (Å²) in [6.45, 7) is 0. The van der Waals surface area contributed by atoms with Crippen molar-refractivity contribution in [1.82, 2.24) is 19.1 Å². The highest BCUT2D eigenvalue weighted by molar-refractivity contribution is 7.26. The molecule has 0 atom stereocenters. The Morgan fingerprint density at radius 1 is 0.467 bits per heavy atom. The molecule has 4 heterocycles. The largest absolute Gasteiger partial charge is 0.309 e. The maximum atomic E-state index is 9.57. The molecule has 0 saturated heterocycles. The van der Waals surface area contributed by atoms with Gasteiger partial charge in [-0.1, -0.05) is 109 Å². The van der Waals surface area contributed by atoms with E-state index in [1.54, 1.807) is 0 Å². The van der Waals surface area contributed by atoms with Crippen LogP contribution in [0.4, 0.5) is 0 Å². The Morgan fingerprint density at radius 2 is 0.933 bits per heavy atom. The summed E-state index contributed by atoms with van der Waals surface area (Å²) >= 11 is 0.643. The summed E-state index contributed by atoms with van der Waals surface area (Å²) in [7, 11) is 0. The minimum atomic E-state index is -0.941. The van der Waals surface area contributed by atoms with Gasteiger partial charge < -0.3 is 4.57 Å². The van der Waals surface area contributed by atoms with E-state index in [0.717, 1.165) is 9.13 Å². The molecule has 10 rings (SSSR count). The fraction of sp³-hybridized carbons (Fsp3) is 0. The van der Waals surface area contributed by atoms with Crippen LogP contribution in [0.1, 0.15) is 32.9 Å². The molecule has 5 heteroatoms. The van der Waals surface area contributed by atoms with Gasteiger partial charge in [-0.15, -0.1) is 11.3 Å². The summed E-state index contributed by atoms with van der Waals surface area (Å²) in [6.07, 6.45) is 0. The Labute approximate surface area is 295 Å². The quantitative estimate of drug-likeness (QED) is 0.198. The van der Waals surface area contributed by atoms with Gasteiger partial charge in [0, 0.05) is 37.2 Å². The lowest BCUT2D eigenvalue weighted by molar-refractivity contribution is 1.02. The minimum absolute atomic E-state index is 0.155. The maximum Gasteiger partial charge on any atom is 0.235 e. The highest BCUT2D eigenvalue weighted by Gasteiger charge is 2.22. The number of hydrogen-bond acceptors (Lipinski definition) is 3. The van der Waals surface area contributed by atoms with Gasteiger partial charge in [0.2, 0.25) is 5.95 Å². The molecule has 0 amide bonds. The van der Waals surface area contributed by atoms with Crippen LogP contribution in [-0.4, -0.2) is 19.1 Å². The molecular formula is C40H24N4S. The number of benzene rings is 6. The fourth-order valence-electron chi connectivity index (χ4n) is 5.53. The van der Waals surface area contributed by atoms with E-state index in [4.69, 9.17) is 40.1 Å². The number of rotatable bonds is 3. The first-order chi connectivity index (χ1) is 32.3. The second-order valence-corrected chi connectivity index (χ2v) is 10.7. The molecule has 0 unspecified atom stereocenters. The third kappa shape index (κ3) is 3.47. The zero-order valence-electron chi connectivity index (χ0n) is 46.2.